The van der Waals surface area contributed by atoms with E-state index in [2.05, 4.69) is 24.1 Å². The van der Waals surface area contributed by atoms with Gasteiger partial charge in [-0.2, -0.15) is 0 Å². The zero-order valence-corrected chi connectivity index (χ0v) is 16.9. The molecule has 0 spiro atoms. The van der Waals surface area contributed by atoms with Gasteiger partial charge in [0.2, 0.25) is 0 Å². The second kappa shape index (κ2) is 7.72. The number of nitrogens with zero attached hydrogens (tertiary/aromatic N) is 2. The Morgan fingerprint density at radius 1 is 1.29 bits per heavy atom. The highest BCUT2D eigenvalue weighted by Gasteiger charge is 2.42. The third kappa shape index (κ3) is 3.74. The standard InChI is InChI=1S/C22H31N3O3/c1-14-4-3-9-24(13-14)20-8-7-18(12-21(20)25(27)28)22(26)23-15(2)19-11-16-5-6-17(19)10-16/h7-8,12,14-17,19H,3-6,9-11,13H2,1-2H3,(H,23,26)/t14-,15-,16+,17+,19-/m0/s1. The van der Waals surface area contributed by atoms with Crippen molar-refractivity contribution in [2.24, 2.45) is 23.7 Å². The maximum absolute atomic E-state index is 12.8. The number of fused-ring (bicyclic) bond motifs is 2. The van der Waals surface area contributed by atoms with E-state index in [1.807, 2.05) is 0 Å². The molecule has 4 rings (SSSR count). The van der Waals surface area contributed by atoms with E-state index < -0.39 is 0 Å². The molecule has 0 radical (unpaired) electrons. The predicted molar refractivity (Wildman–Crippen MR) is 110 cm³/mol. The first-order chi connectivity index (χ1) is 13.4. The quantitative estimate of drug-likeness (QED) is 0.603. The van der Waals surface area contributed by atoms with E-state index in [4.69, 9.17) is 0 Å². The summed E-state index contributed by atoms with van der Waals surface area (Å²) >= 11 is 0. The van der Waals surface area contributed by atoms with Gasteiger partial charge in [-0.15, -0.1) is 0 Å². The van der Waals surface area contributed by atoms with Crippen LogP contribution in [0.4, 0.5) is 11.4 Å². The van der Waals surface area contributed by atoms with E-state index in [0.717, 1.165) is 37.8 Å². The second-order valence-electron chi connectivity index (χ2n) is 9.25. The number of benzene rings is 1. The maximum Gasteiger partial charge on any atom is 0.293 e. The van der Waals surface area contributed by atoms with E-state index in [-0.39, 0.29) is 22.6 Å². The van der Waals surface area contributed by atoms with Gasteiger partial charge in [-0.05, 0) is 74.8 Å². The normalized spacial score (nSPS) is 30.3. The number of carbonyl (C=O) groups is 1. The summed E-state index contributed by atoms with van der Waals surface area (Å²) in [6, 6.07) is 5.07. The zero-order valence-electron chi connectivity index (χ0n) is 16.9. The minimum atomic E-state index is -0.356. The maximum atomic E-state index is 12.8. The van der Waals surface area contributed by atoms with Crippen molar-refractivity contribution in [2.45, 2.75) is 58.4 Å². The lowest BCUT2D eigenvalue weighted by Gasteiger charge is -2.32. The number of hydrogen-bond acceptors (Lipinski definition) is 4. The van der Waals surface area contributed by atoms with E-state index in [9.17, 15) is 14.9 Å². The van der Waals surface area contributed by atoms with Gasteiger partial charge in [0.1, 0.15) is 5.69 Å². The highest BCUT2D eigenvalue weighted by molar-refractivity contribution is 5.96. The molecule has 1 heterocycles. The fraction of sp³-hybridized carbons (Fsp3) is 0.682. The average Bonchev–Trinajstić information content (AvgIpc) is 3.31. The van der Waals surface area contributed by atoms with Gasteiger partial charge in [-0.1, -0.05) is 13.3 Å². The number of anilines is 1. The third-order valence-corrected chi connectivity index (χ3v) is 7.23. The summed E-state index contributed by atoms with van der Waals surface area (Å²) in [5.74, 6) is 2.45. The molecule has 1 aromatic rings. The summed E-state index contributed by atoms with van der Waals surface area (Å²) in [5.41, 5.74) is 1.05. The molecule has 1 amide bonds. The van der Waals surface area contributed by atoms with Crippen LogP contribution in [-0.2, 0) is 0 Å². The van der Waals surface area contributed by atoms with Crippen LogP contribution in [0.25, 0.3) is 0 Å². The van der Waals surface area contributed by atoms with Crippen molar-refractivity contribution in [1.29, 1.82) is 0 Å². The van der Waals surface area contributed by atoms with Crippen LogP contribution in [0.5, 0.6) is 0 Å². The van der Waals surface area contributed by atoms with Crippen LogP contribution in [0, 0.1) is 33.8 Å². The van der Waals surface area contributed by atoms with Gasteiger partial charge in [-0.25, -0.2) is 0 Å². The van der Waals surface area contributed by atoms with Gasteiger partial charge in [-0.3, -0.25) is 14.9 Å². The van der Waals surface area contributed by atoms with Crippen molar-refractivity contribution in [3.05, 3.63) is 33.9 Å². The van der Waals surface area contributed by atoms with Crippen LogP contribution < -0.4 is 10.2 Å². The topological polar surface area (TPSA) is 75.5 Å². The Balaban J connectivity index is 1.49. The lowest BCUT2D eigenvalue weighted by molar-refractivity contribution is -0.384. The Morgan fingerprint density at radius 2 is 2.11 bits per heavy atom. The Labute approximate surface area is 166 Å². The predicted octanol–water partition coefficient (Wildman–Crippen LogP) is 4.39. The minimum absolute atomic E-state index is 0.0364. The van der Waals surface area contributed by atoms with Crippen molar-refractivity contribution < 1.29 is 9.72 Å². The van der Waals surface area contributed by atoms with E-state index in [1.165, 1.54) is 31.7 Å². The molecule has 5 atom stereocenters. The monoisotopic (exact) mass is 385 g/mol. The molecular formula is C22H31N3O3. The fourth-order valence-corrected chi connectivity index (χ4v) is 5.79. The number of carbonyl (C=O) groups excluding carboxylic acids is 1. The number of nitro groups is 1. The first kappa shape index (κ1) is 19.2. The Morgan fingerprint density at radius 3 is 2.75 bits per heavy atom. The van der Waals surface area contributed by atoms with Crippen molar-refractivity contribution >= 4 is 17.3 Å². The second-order valence-corrected chi connectivity index (χ2v) is 9.25. The molecular weight excluding hydrogens is 354 g/mol. The molecule has 6 nitrogen and oxygen atoms in total. The molecule has 1 aliphatic heterocycles. The molecule has 28 heavy (non-hydrogen) atoms. The van der Waals surface area contributed by atoms with Gasteiger partial charge in [0.15, 0.2) is 0 Å². The van der Waals surface area contributed by atoms with Crippen molar-refractivity contribution in [3.8, 4) is 0 Å². The summed E-state index contributed by atoms with van der Waals surface area (Å²) < 4.78 is 0. The molecule has 3 fully saturated rings. The van der Waals surface area contributed by atoms with E-state index in [1.54, 1.807) is 12.1 Å². The highest BCUT2D eigenvalue weighted by Crippen LogP contribution is 2.49. The summed E-state index contributed by atoms with van der Waals surface area (Å²) in [6.07, 6.45) is 7.33. The molecule has 1 saturated heterocycles. The molecule has 2 aliphatic carbocycles. The van der Waals surface area contributed by atoms with Gasteiger partial charge in [0, 0.05) is 30.8 Å². The Kier molecular flexibility index (Phi) is 5.30. The smallest absolute Gasteiger partial charge is 0.293 e. The van der Waals surface area contributed by atoms with Crippen LogP contribution in [0.3, 0.4) is 0 Å². The minimum Gasteiger partial charge on any atom is -0.366 e. The molecule has 0 aromatic heterocycles. The number of amides is 1. The lowest BCUT2D eigenvalue weighted by atomic mass is 9.84. The first-order valence-corrected chi connectivity index (χ1v) is 10.8. The molecule has 152 valence electrons. The highest BCUT2D eigenvalue weighted by atomic mass is 16.6. The van der Waals surface area contributed by atoms with Crippen molar-refractivity contribution in [2.75, 3.05) is 18.0 Å². The van der Waals surface area contributed by atoms with Crippen LogP contribution in [0.2, 0.25) is 0 Å². The van der Waals surface area contributed by atoms with Gasteiger partial charge >= 0.3 is 0 Å². The van der Waals surface area contributed by atoms with Crippen LogP contribution in [0.15, 0.2) is 18.2 Å². The van der Waals surface area contributed by atoms with E-state index in [0.29, 0.717) is 23.1 Å². The van der Waals surface area contributed by atoms with Crippen LogP contribution in [0.1, 0.15) is 62.7 Å². The number of rotatable bonds is 5. The largest absolute Gasteiger partial charge is 0.366 e. The molecule has 1 aromatic carbocycles. The van der Waals surface area contributed by atoms with Crippen LogP contribution in [-0.4, -0.2) is 30.0 Å². The molecule has 1 N–H and O–H groups in total. The van der Waals surface area contributed by atoms with Gasteiger partial charge in [0.05, 0.1) is 4.92 Å². The molecule has 2 bridgehead atoms. The summed E-state index contributed by atoms with van der Waals surface area (Å²) in [4.78, 5) is 26.2. The number of nitrogens with one attached hydrogen (secondary N) is 1. The molecule has 2 saturated carbocycles. The third-order valence-electron chi connectivity index (χ3n) is 7.23. The molecule has 6 heteroatoms. The lowest BCUT2D eigenvalue weighted by Crippen LogP contribution is -2.40. The Hall–Kier alpha value is -2.11. The number of piperidine rings is 1. The first-order valence-electron chi connectivity index (χ1n) is 10.8. The fourth-order valence-electron chi connectivity index (χ4n) is 5.79. The zero-order chi connectivity index (χ0) is 19.8. The van der Waals surface area contributed by atoms with Gasteiger partial charge in [0.25, 0.3) is 11.6 Å². The Bertz CT molecular complexity index is 765. The average molecular weight is 386 g/mol. The molecule has 0 unspecified atom stereocenters. The summed E-state index contributed by atoms with van der Waals surface area (Å²) in [5, 5.41) is 14.8. The molecule has 3 aliphatic rings. The van der Waals surface area contributed by atoms with Gasteiger partial charge < -0.3 is 10.2 Å². The van der Waals surface area contributed by atoms with E-state index >= 15 is 0 Å². The van der Waals surface area contributed by atoms with Crippen molar-refractivity contribution in [3.63, 3.8) is 0 Å². The summed E-state index contributed by atoms with van der Waals surface area (Å²) in [7, 11) is 0. The number of hydrogen-bond donors (Lipinski definition) is 1. The summed E-state index contributed by atoms with van der Waals surface area (Å²) in [6.45, 7) is 5.92. The van der Waals surface area contributed by atoms with Crippen LogP contribution >= 0.6 is 0 Å². The number of nitro benzene ring substituents is 1. The SMILES string of the molecule is C[C@H]1CCCN(c2ccc(C(=O)N[C@@H](C)[C@@H]3C[C@@H]4CC[C@@H]3C4)cc2[N+](=O)[O-])C1. The van der Waals surface area contributed by atoms with Crippen molar-refractivity contribution in [1.82, 2.24) is 5.32 Å².